The van der Waals surface area contributed by atoms with Crippen LogP contribution in [0.25, 0.3) is 0 Å². The van der Waals surface area contributed by atoms with Crippen molar-refractivity contribution < 1.29 is 9.26 Å². The van der Waals surface area contributed by atoms with Crippen LogP contribution in [0, 0.1) is 5.92 Å². The molecule has 106 valence electrons. The van der Waals surface area contributed by atoms with Gasteiger partial charge in [-0.25, -0.2) is 0 Å². The molecule has 0 bridgehead atoms. The molecular weight excluding hydrogens is 242 g/mol. The Kier molecular flexibility index (Phi) is 4.13. The third-order valence-corrected chi connectivity index (χ3v) is 4.40. The number of aromatic nitrogens is 2. The standard InChI is InChI=1S/C14H23N3O2/c1-18-12(10-6-3-2-4-7-10)13-16-14(19-17-13)11-8-5-9-15-11/h10-12,15H,2-9H2,1H3/t11-,12?/m0/s1. The summed E-state index contributed by atoms with van der Waals surface area (Å²) in [6, 6.07) is 0.241. The Labute approximate surface area is 114 Å². The van der Waals surface area contributed by atoms with Gasteiger partial charge >= 0.3 is 0 Å². The van der Waals surface area contributed by atoms with Gasteiger partial charge in [0.05, 0.1) is 6.04 Å². The van der Waals surface area contributed by atoms with Crippen molar-refractivity contribution in [2.24, 2.45) is 5.92 Å². The quantitative estimate of drug-likeness (QED) is 0.907. The van der Waals surface area contributed by atoms with Gasteiger partial charge < -0.3 is 14.6 Å². The Bertz CT molecular complexity index is 395. The van der Waals surface area contributed by atoms with Crippen LogP contribution in [0.5, 0.6) is 0 Å². The number of nitrogens with zero attached hydrogens (tertiary/aromatic N) is 2. The molecule has 1 saturated carbocycles. The molecule has 1 aliphatic heterocycles. The third-order valence-electron chi connectivity index (χ3n) is 4.40. The van der Waals surface area contributed by atoms with Gasteiger partial charge in [-0.2, -0.15) is 4.98 Å². The minimum absolute atomic E-state index is 0.000738. The minimum atomic E-state index is -0.000738. The molecule has 0 radical (unpaired) electrons. The number of ether oxygens (including phenoxy) is 1. The van der Waals surface area contributed by atoms with E-state index < -0.39 is 0 Å². The lowest BCUT2D eigenvalue weighted by molar-refractivity contribution is 0.0273. The summed E-state index contributed by atoms with van der Waals surface area (Å²) in [7, 11) is 1.75. The second-order valence-electron chi connectivity index (χ2n) is 5.69. The highest BCUT2D eigenvalue weighted by molar-refractivity contribution is 4.99. The van der Waals surface area contributed by atoms with Crippen molar-refractivity contribution in [3.63, 3.8) is 0 Å². The molecule has 5 nitrogen and oxygen atoms in total. The van der Waals surface area contributed by atoms with Crippen LogP contribution < -0.4 is 5.32 Å². The number of rotatable bonds is 4. The van der Waals surface area contributed by atoms with Gasteiger partial charge in [0, 0.05) is 7.11 Å². The molecule has 1 unspecified atom stereocenters. The Morgan fingerprint density at radius 3 is 2.74 bits per heavy atom. The molecule has 0 amide bonds. The van der Waals surface area contributed by atoms with Crippen molar-refractivity contribution in [3.8, 4) is 0 Å². The normalized spacial score (nSPS) is 26.7. The molecule has 2 atom stereocenters. The van der Waals surface area contributed by atoms with Crippen molar-refractivity contribution in [2.75, 3.05) is 13.7 Å². The molecule has 19 heavy (non-hydrogen) atoms. The van der Waals surface area contributed by atoms with Crippen molar-refractivity contribution >= 4 is 0 Å². The predicted molar refractivity (Wildman–Crippen MR) is 70.6 cm³/mol. The molecular formula is C14H23N3O2. The van der Waals surface area contributed by atoms with E-state index in [1.165, 1.54) is 38.5 Å². The zero-order valence-electron chi connectivity index (χ0n) is 11.6. The van der Waals surface area contributed by atoms with Crippen LogP contribution in [0.3, 0.4) is 0 Å². The number of hydrogen-bond donors (Lipinski definition) is 1. The number of methoxy groups -OCH3 is 1. The molecule has 2 fully saturated rings. The second kappa shape index (κ2) is 6.01. The molecule has 2 heterocycles. The maximum atomic E-state index is 5.65. The lowest BCUT2D eigenvalue weighted by atomic mass is 9.85. The largest absolute Gasteiger partial charge is 0.373 e. The summed E-state index contributed by atoms with van der Waals surface area (Å²) in [5.74, 6) is 2.00. The fraction of sp³-hybridized carbons (Fsp3) is 0.857. The smallest absolute Gasteiger partial charge is 0.243 e. The zero-order valence-corrected chi connectivity index (χ0v) is 11.6. The molecule has 1 aromatic heterocycles. The second-order valence-corrected chi connectivity index (χ2v) is 5.69. The number of hydrogen-bond acceptors (Lipinski definition) is 5. The maximum Gasteiger partial charge on any atom is 0.243 e. The minimum Gasteiger partial charge on any atom is -0.373 e. The molecule has 1 aliphatic carbocycles. The van der Waals surface area contributed by atoms with E-state index in [1.54, 1.807) is 7.11 Å². The van der Waals surface area contributed by atoms with E-state index in [0.29, 0.717) is 5.92 Å². The first-order chi connectivity index (χ1) is 9.38. The van der Waals surface area contributed by atoms with E-state index >= 15 is 0 Å². The Balaban J connectivity index is 1.71. The summed E-state index contributed by atoms with van der Waals surface area (Å²) in [5, 5.41) is 7.54. The van der Waals surface area contributed by atoms with Crippen molar-refractivity contribution in [1.82, 2.24) is 15.5 Å². The molecule has 1 saturated heterocycles. The Morgan fingerprint density at radius 1 is 1.21 bits per heavy atom. The lowest BCUT2D eigenvalue weighted by Crippen LogP contribution is -2.19. The van der Waals surface area contributed by atoms with Gasteiger partial charge in [-0.05, 0) is 38.1 Å². The van der Waals surface area contributed by atoms with Gasteiger partial charge in [0.1, 0.15) is 6.10 Å². The summed E-state index contributed by atoms with van der Waals surface area (Å²) in [6.07, 6.45) is 8.62. The van der Waals surface area contributed by atoms with Gasteiger partial charge in [-0.15, -0.1) is 0 Å². The topological polar surface area (TPSA) is 60.2 Å². The van der Waals surface area contributed by atoms with Crippen LogP contribution in [0.1, 0.15) is 68.8 Å². The molecule has 2 aliphatic rings. The van der Waals surface area contributed by atoms with Gasteiger partial charge in [-0.1, -0.05) is 24.4 Å². The van der Waals surface area contributed by atoms with Gasteiger partial charge in [0.2, 0.25) is 11.7 Å². The van der Waals surface area contributed by atoms with Crippen LogP contribution in [0.15, 0.2) is 4.52 Å². The highest BCUT2D eigenvalue weighted by atomic mass is 16.5. The van der Waals surface area contributed by atoms with Crippen molar-refractivity contribution in [3.05, 3.63) is 11.7 Å². The monoisotopic (exact) mass is 265 g/mol. The van der Waals surface area contributed by atoms with E-state index in [2.05, 4.69) is 15.5 Å². The van der Waals surface area contributed by atoms with E-state index in [4.69, 9.17) is 9.26 Å². The van der Waals surface area contributed by atoms with Crippen LogP contribution in [0.4, 0.5) is 0 Å². The van der Waals surface area contributed by atoms with Crippen molar-refractivity contribution in [1.29, 1.82) is 0 Å². The van der Waals surface area contributed by atoms with Crippen LogP contribution in [-0.2, 0) is 4.74 Å². The van der Waals surface area contributed by atoms with Gasteiger partial charge in [0.25, 0.3) is 0 Å². The molecule has 5 heteroatoms. The molecule has 0 spiro atoms. The zero-order chi connectivity index (χ0) is 13.1. The number of nitrogens with one attached hydrogen (secondary N) is 1. The van der Waals surface area contributed by atoms with Crippen LogP contribution in [0.2, 0.25) is 0 Å². The summed E-state index contributed by atoms with van der Waals surface area (Å²) in [6.45, 7) is 1.04. The Morgan fingerprint density at radius 2 is 2.05 bits per heavy atom. The highest BCUT2D eigenvalue weighted by Crippen LogP contribution is 2.35. The first-order valence-electron chi connectivity index (χ1n) is 7.48. The molecule has 1 aromatic rings. The molecule has 1 N–H and O–H groups in total. The van der Waals surface area contributed by atoms with Gasteiger partial charge in [-0.3, -0.25) is 0 Å². The van der Waals surface area contributed by atoms with Crippen LogP contribution in [-0.4, -0.2) is 23.8 Å². The Hall–Kier alpha value is -0.940. The average Bonchev–Trinajstić information content (AvgIpc) is 3.11. The molecule has 0 aromatic carbocycles. The van der Waals surface area contributed by atoms with Gasteiger partial charge in [0.15, 0.2) is 0 Å². The first-order valence-corrected chi connectivity index (χ1v) is 7.48. The fourth-order valence-electron chi connectivity index (χ4n) is 3.35. The third kappa shape index (κ3) is 2.82. The van der Waals surface area contributed by atoms with Crippen LogP contribution >= 0.6 is 0 Å². The summed E-state index contributed by atoms with van der Waals surface area (Å²) >= 11 is 0. The predicted octanol–water partition coefficient (Wildman–Crippen LogP) is 2.76. The molecule has 3 rings (SSSR count). The van der Waals surface area contributed by atoms with E-state index in [0.717, 1.165) is 24.7 Å². The lowest BCUT2D eigenvalue weighted by Gasteiger charge is -2.26. The maximum absolute atomic E-state index is 5.65. The summed E-state index contributed by atoms with van der Waals surface area (Å²) < 4.78 is 11.1. The van der Waals surface area contributed by atoms with E-state index in [1.807, 2.05) is 0 Å². The summed E-state index contributed by atoms with van der Waals surface area (Å²) in [4.78, 5) is 4.57. The SMILES string of the molecule is COC(c1noc([C@@H]2CCCN2)n1)C1CCCCC1. The average molecular weight is 265 g/mol. The summed E-state index contributed by atoms with van der Waals surface area (Å²) in [5.41, 5.74) is 0. The van der Waals surface area contributed by atoms with E-state index in [-0.39, 0.29) is 12.1 Å². The van der Waals surface area contributed by atoms with E-state index in [9.17, 15) is 0 Å². The highest BCUT2D eigenvalue weighted by Gasteiger charge is 2.30. The fourth-order valence-corrected chi connectivity index (χ4v) is 3.35. The van der Waals surface area contributed by atoms with Crippen molar-refractivity contribution in [2.45, 2.75) is 57.1 Å². The first kappa shape index (κ1) is 13.1.